The van der Waals surface area contributed by atoms with Crippen LogP contribution in [0.25, 0.3) is 92.2 Å². The second kappa shape index (κ2) is 11.7. The van der Waals surface area contributed by atoms with Crippen LogP contribution < -0.4 is 0 Å². The molecule has 10 rings (SSSR count). The number of thiophene rings is 1. The van der Waals surface area contributed by atoms with E-state index in [1.165, 1.54) is 92.2 Å². The maximum atomic E-state index is 2.41. The maximum Gasteiger partial charge on any atom is 0.0548 e. The Morgan fingerprint density at radius 3 is 1.66 bits per heavy atom. The van der Waals surface area contributed by atoms with Gasteiger partial charge in [0.05, 0.1) is 11.0 Å². The number of nitrogens with zero attached hydrogens (tertiary/aromatic N) is 1. The molecule has 2 aromatic heterocycles. The van der Waals surface area contributed by atoms with Crippen molar-refractivity contribution in [2.24, 2.45) is 0 Å². The summed E-state index contributed by atoms with van der Waals surface area (Å²) in [6.45, 7) is 0. The van der Waals surface area contributed by atoms with Gasteiger partial charge in [0.15, 0.2) is 0 Å². The number of fused-ring (bicyclic) bond motifs is 7. The average molecular weight is 654 g/mol. The molecule has 0 aliphatic rings. The highest BCUT2D eigenvalue weighted by Gasteiger charge is 2.18. The number of hydrogen-bond acceptors (Lipinski definition) is 1. The van der Waals surface area contributed by atoms with Crippen molar-refractivity contribution in [1.82, 2.24) is 4.57 Å². The number of rotatable bonds is 5. The second-order valence-corrected chi connectivity index (χ2v) is 14.0. The van der Waals surface area contributed by atoms with Crippen molar-refractivity contribution in [2.75, 3.05) is 0 Å². The Kier molecular flexibility index (Phi) is 6.75. The van der Waals surface area contributed by atoms with Crippen LogP contribution in [0.3, 0.4) is 0 Å². The van der Waals surface area contributed by atoms with E-state index in [1.807, 2.05) is 11.3 Å². The Morgan fingerprint density at radius 2 is 0.880 bits per heavy atom. The molecule has 0 bridgehead atoms. The molecule has 0 atom stereocenters. The standard InChI is InChI=1S/C48H31NS/c1-4-12-32(13-5-1)36-24-26-39(34-14-6-2-7-15-34)41(30-36)35-22-20-33(21-23-35)37-25-28-45-42(31-37)48-46(50-45)29-27-44-47(48)40-18-10-11-19-43(40)49(44)38-16-8-3-9-17-38/h1-31H. The molecule has 0 unspecified atom stereocenters. The van der Waals surface area contributed by atoms with Crippen molar-refractivity contribution in [2.45, 2.75) is 0 Å². The summed E-state index contributed by atoms with van der Waals surface area (Å²) in [4.78, 5) is 0. The molecule has 2 heterocycles. The molecular weight excluding hydrogens is 623 g/mol. The van der Waals surface area contributed by atoms with E-state index in [1.54, 1.807) is 0 Å². The molecule has 0 aliphatic carbocycles. The molecule has 8 aromatic carbocycles. The lowest BCUT2D eigenvalue weighted by Gasteiger charge is -2.14. The van der Waals surface area contributed by atoms with Gasteiger partial charge >= 0.3 is 0 Å². The van der Waals surface area contributed by atoms with E-state index < -0.39 is 0 Å². The highest BCUT2D eigenvalue weighted by atomic mass is 32.1. The van der Waals surface area contributed by atoms with Crippen LogP contribution in [0.5, 0.6) is 0 Å². The monoisotopic (exact) mass is 653 g/mol. The molecule has 0 radical (unpaired) electrons. The lowest BCUT2D eigenvalue weighted by molar-refractivity contribution is 1.18. The Balaban J connectivity index is 1.12. The van der Waals surface area contributed by atoms with E-state index in [0.717, 1.165) is 0 Å². The van der Waals surface area contributed by atoms with E-state index in [2.05, 4.69) is 193 Å². The van der Waals surface area contributed by atoms with Gasteiger partial charge in [0, 0.05) is 36.6 Å². The molecule has 0 saturated carbocycles. The number of aromatic nitrogens is 1. The number of para-hydroxylation sites is 2. The predicted octanol–water partition coefficient (Wildman–Crippen LogP) is 13.8. The third-order valence-corrected chi connectivity index (χ3v) is 11.2. The second-order valence-electron chi connectivity index (χ2n) is 12.9. The van der Waals surface area contributed by atoms with Crippen LogP contribution >= 0.6 is 11.3 Å². The van der Waals surface area contributed by atoms with Crippen molar-refractivity contribution in [1.29, 1.82) is 0 Å². The van der Waals surface area contributed by atoms with Gasteiger partial charge in [0.2, 0.25) is 0 Å². The van der Waals surface area contributed by atoms with Gasteiger partial charge in [-0.3, -0.25) is 0 Å². The molecule has 0 spiro atoms. The van der Waals surface area contributed by atoms with Crippen LogP contribution in [0.1, 0.15) is 0 Å². The smallest absolute Gasteiger partial charge is 0.0548 e. The zero-order valence-electron chi connectivity index (χ0n) is 27.3. The highest BCUT2D eigenvalue weighted by molar-refractivity contribution is 7.26. The van der Waals surface area contributed by atoms with Crippen molar-refractivity contribution < 1.29 is 0 Å². The summed E-state index contributed by atoms with van der Waals surface area (Å²) >= 11 is 1.88. The molecular formula is C48H31NS. The summed E-state index contributed by atoms with van der Waals surface area (Å²) in [5.74, 6) is 0. The molecule has 1 nitrogen and oxygen atoms in total. The molecule has 0 amide bonds. The fourth-order valence-electron chi connectivity index (χ4n) is 7.67. The van der Waals surface area contributed by atoms with Gasteiger partial charge in [-0.05, 0) is 93.0 Å². The summed E-state index contributed by atoms with van der Waals surface area (Å²) in [6, 6.07) is 68.5. The van der Waals surface area contributed by atoms with Gasteiger partial charge in [-0.25, -0.2) is 0 Å². The minimum Gasteiger partial charge on any atom is -0.309 e. The maximum absolute atomic E-state index is 2.41. The summed E-state index contributed by atoms with van der Waals surface area (Å²) in [5, 5.41) is 5.28. The third kappa shape index (κ3) is 4.69. The normalized spacial score (nSPS) is 11.6. The summed E-state index contributed by atoms with van der Waals surface area (Å²) < 4.78 is 5.05. The SMILES string of the molecule is c1ccc(-c2ccc(-c3ccccc3)c(-c3ccc(-c4ccc5sc6ccc7c(c8ccccc8n7-c7ccccc7)c6c5c4)cc3)c2)cc1. The predicted molar refractivity (Wildman–Crippen MR) is 215 cm³/mol. The average Bonchev–Trinajstić information content (AvgIpc) is 3.74. The molecule has 2 heteroatoms. The number of benzene rings is 8. The fourth-order valence-corrected chi connectivity index (χ4v) is 8.76. The first-order chi connectivity index (χ1) is 24.8. The van der Waals surface area contributed by atoms with Crippen molar-refractivity contribution in [3.63, 3.8) is 0 Å². The van der Waals surface area contributed by atoms with Gasteiger partial charge in [-0.15, -0.1) is 11.3 Å². The van der Waals surface area contributed by atoms with Crippen LogP contribution in [0, 0.1) is 0 Å². The zero-order valence-corrected chi connectivity index (χ0v) is 28.1. The largest absolute Gasteiger partial charge is 0.309 e. The van der Waals surface area contributed by atoms with Crippen molar-refractivity contribution in [3.8, 4) is 50.2 Å². The van der Waals surface area contributed by atoms with Crippen LogP contribution in [0.2, 0.25) is 0 Å². The van der Waals surface area contributed by atoms with E-state index in [4.69, 9.17) is 0 Å². The first-order valence-corrected chi connectivity index (χ1v) is 17.9. The van der Waals surface area contributed by atoms with Crippen LogP contribution in [0.4, 0.5) is 0 Å². The Morgan fingerprint density at radius 1 is 0.320 bits per heavy atom. The molecule has 0 fully saturated rings. The summed E-state index contributed by atoms with van der Waals surface area (Å²) in [7, 11) is 0. The molecule has 234 valence electrons. The topological polar surface area (TPSA) is 4.93 Å². The van der Waals surface area contributed by atoms with Gasteiger partial charge in [-0.2, -0.15) is 0 Å². The molecule has 0 aliphatic heterocycles. The van der Waals surface area contributed by atoms with Gasteiger partial charge in [0.1, 0.15) is 0 Å². The molecule has 0 saturated heterocycles. The Labute approximate surface area is 295 Å². The van der Waals surface area contributed by atoms with E-state index in [0.29, 0.717) is 0 Å². The van der Waals surface area contributed by atoms with E-state index >= 15 is 0 Å². The summed E-state index contributed by atoms with van der Waals surface area (Å²) in [5.41, 5.74) is 13.5. The first-order valence-electron chi connectivity index (χ1n) is 17.1. The molecule has 50 heavy (non-hydrogen) atoms. The van der Waals surface area contributed by atoms with Crippen LogP contribution in [-0.2, 0) is 0 Å². The summed E-state index contributed by atoms with van der Waals surface area (Å²) in [6.07, 6.45) is 0. The van der Waals surface area contributed by atoms with E-state index in [-0.39, 0.29) is 0 Å². The highest BCUT2D eigenvalue weighted by Crippen LogP contribution is 2.44. The lowest BCUT2D eigenvalue weighted by Crippen LogP contribution is -1.92. The quantitative estimate of drug-likeness (QED) is 0.174. The Bertz CT molecular complexity index is 2830. The first kappa shape index (κ1) is 28.8. The minimum atomic E-state index is 1.18. The lowest BCUT2D eigenvalue weighted by atomic mass is 9.90. The van der Waals surface area contributed by atoms with Gasteiger partial charge < -0.3 is 4.57 Å². The van der Waals surface area contributed by atoms with Gasteiger partial charge in [-0.1, -0.05) is 140 Å². The van der Waals surface area contributed by atoms with Crippen molar-refractivity contribution >= 4 is 53.3 Å². The molecule has 0 N–H and O–H groups in total. The minimum absolute atomic E-state index is 1.18. The fraction of sp³-hybridized carbons (Fsp3) is 0. The van der Waals surface area contributed by atoms with Gasteiger partial charge in [0.25, 0.3) is 0 Å². The van der Waals surface area contributed by atoms with Crippen molar-refractivity contribution in [3.05, 3.63) is 188 Å². The zero-order chi connectivity index (χ0) is 33.0. The van der Waals surface area contributed by atoms with Crippen LogP contribution in [0.15, 0.2) is 188 Å². The van der Waals surface area contributed by atoms with Crippen LogP contribution in [-0.4, -0.2) is 4.57 Å². The molecule has 10 aromatic rings. The van der Waals surface area contributed by atoms with E-state index in [9.17, 15) is 0 Å². The Hall–Kier alpha value is -6.22. The third-order valence-electron chi connectivity index (χ3n) is 10.0. The number of hydrogen-bond donors (Lipinski definition) is 0.